The molecule has 21 heavy (non-hydrogen) atoms. The molecule has 0 aromatic carbocycles. The second kappa shape index (κ2) is 5.69. The first-order chi connectivity index (χ1) is 10.2. The van der Waals surface area contributed by atoms with Gasteiger partial charge >= 0.3 is 0 Å². The molecule has 108 valence electrons. The Balaban J connectivity index is 1.88. The maximum Gasteiger partial charge on any atom is 0.275 e. The molecule has 2 heterocycles. The van der Waals surface area contributed by atoms with E-state index in [9.17, 15) is 0 Å². The third-order valence-electron chi connectivity index (χ3n) is 3.45. The lowest BCUT2D eigenvalue weighted by Crippen LogP contribution is -2.17. The van der Waals surface area contributed by atoms with Gasteiger partial charge in [-0.15, -0.1) is 5.10 Å². The molecule has 3 rings (SSSR count). The Morgan fingerprint density at radius 1 is 1.48 bits per heavy atom. The van der Waals surface area contributed by atoms with Crippen molar-refractivity contribution < 1.29 is 4.74 Å². The molecule has 0 atom stereocenters. The topological polar surface area (TPSA) is 69.2 Å². The smallest absolute Gasteiger partial charge is 0.275 e. The molecule has 1 fully saturated rings. The standard InChI is InChI=1S/C13H13BrN6O/c1-15-11-10(7-17-20(11)8-4-3-5-8)18-13-16-6-9(14)12(19-13)21-2/h6-8H,3-5H2,2H3,(H,16,18,19). The van der Waals surface area contributed by atoms with Crippen molar-refractivity contribution in [2.45, 2.75) is 25.3 Å². The Kier molecular flexibility index (Phi) is 3.75. The Morgan fingerprint density at radius 3 is 2.90 bits per heavy atom. The highest BCUT2D eigenvalue weighted by molar-refractivity contribution is 9.10. The molecule has 0 aliphatic heterocycles. The van der Waals surface area contributed by atoms with E-state index in [1.54, 1.807) is 17.1 Å². The predicted octanol–water partition coefficient (Wildman–Crippen LogP) is 3.46. The van der Waals surface area contributed by atoms with Crippen LogP contribution in [-0.2, 0) is 0 Å². The van der Waals surface area contributed by atoms with Gasteiger partial charge in [-0.1, -0.05) is 6.57 Å². The van der Waals surface area contributed by atoms with Crippen LogP contribution in [0.5, 0.6) is 5.88 Å². The van der Waals surface area contributed by atoms with E-state index in [4.69, 9.17) is 11.3 Å². The number of nitrogens with zero attached hydrogens (tertiary/aromatic N) is 5. The summed E-state index contributed by atoms with van der Waals surface area (Å²) in [5.74, 6) is 1.29. The minimum Gasteiger partial charge on any atom is -0.480 e. The van der Waals surface area contributed by atoms with Crippen molar-refractivity contribution in [3.63, 3.8) is 0 Å². The summed E-state index contributed by atoms with van der Waals surface area (Å²) in [6.07, 6.45) is 6.59. The summed E-state index contributed by atoms with van der Waals surface area (Å²) in [7, 11) is 1.54. The summed E-state index contributed by atoms with van der Waals surface area (Å²) in [5.41, 5.74) is 0.612. The molecule has 1 N–H and O–H groups in total. The SMILES string of the molecule is [C-]#[N+]c1c(Nc2ncc(Br)c(OC)n2)cnn1C1CCC1. The fourth-order valence-electron chi connectivity index (χ4n) is 2.13. The molecule has 1 saturated carbocycles. The number of halogens is 1. The van der Waals surface area contributed by atoms with E-state index >= 15 is 0 Å². The van der Waals surface area contributed by atoms with Crippen LogP contribution in [0.25, 0.3) is 4.85 Å². The Hall–Kier alpha value is -2.14. The quantitative estimate of drug-likeness (QED) is 0.856. The minimum absolute atomic E-state index is 0.338. The Labute approximate surface area is 130 Å². The number of rotatable bonds is 4. The zero-order chi connectivity index (χ0) is 14.8. The zero-order valence-corrected chi connectivity index (χ0v) is 13.0. The van der Waals surface area contributed by atoms with Crippen LogP contribution in [0.1, 0.15) is 25.3 Å². The van der Waals surface area contributed by atoms with E-state index in [-0.39, 0.29) is 0 Å². The number of nitrogens with one attached hydrogen (secondary N) is 1. The van der Waals surface area contributed by atoms with Crippen molar-refractivity contribution in [3.8, 4) is 5.88 Å². The van der Waals surface area contributed by atoms with Gasteiger partial charge in [0, 0.05) is 0 Å². The third kappa shape index (κ3) is 2.56. The van der Waals surface area contributed by atoms with Crippen molar-refractivity contribution in [1.82, 2.24) is 19.7 Å². The molecular formula is C13H13BrN6O. The zero-order valence-electron chi connectivity index (χ0n) is 11.4. The van der Waals surface area contributed by atoms with E-state index in [0.29, 0.717) is 33.8 Å². The maximum atomic E-state index is 7.36. The van der Waals surface area contributed by atoms with Crippen LogP contribution in [0.2, 0.25) is 0 Å². The molecule has 1 aliphatic rings. The Morgan fingerprint density at radius 2 is 2.29 bits per heavy atom. The second-order valence-electron chi connectivity index (χ2n) is 4.70. The summed E-state index contributed by atoms with van der Waals surface area (Å²) in [6, 6.07) is 0.338. The van der Waals surface area contributed by atoms with Gasteiger partial charge in [0.2, 0.25) is 11.8 Å². The Bertz CT molecular complexity index is 703. The van der Waals surface area contributed by atoms with Crippen LogP contribution in [0.15, 0.2) is 16.9 Å². The molecule has 1 aliphatic carbocycles. The van der Waals surface area contributed by atoms with Crippen LogP contribution in [0, 0.1) is 6.57 Å². The fraction of sp³-hybridized carbons (Fsp3) is 0.385. The lowest BCUT2D eigenvalue weighted by molar-refractivity contribution is 0.294. The highest BCUT2D eigenvalue weighted by Gasteiger charge is 2.27. The first-order valence-corrected chi connectivity index (χ1v) is 7.30. The van der Waals surface area contributed by atoms with Crippen molar-refractivity contribution in [1.29, 1.82) is 0 Å². The molecule has 0 amide bonds. The lowest BCUT2D eigenvalue weighted by atomic mass is 9.93. The van der Waals surface area contributed by atoms with E-state index in [1.807, 2.05) is 0 Å². The van der Waals surface area contributed by atoms with Crippen LogP contribution in [-0.4, -0.2) is 26.9 Å². The normalized spacial score (nSPS) is 14.3. The number of hydrogen-bond acceptors (Lipinski definition) is 5. The maximum absolute atomic E-state index is 7.36. The van der Waals surface area contributed by atoms with Gasteiger partial charge in [-0.05, 0) is 35.2 Å². The monoisotopic (exact) mass is 348 g/mol. The number of ether oxygens (including phenoxy) is 1. The summed E-state index contributed by atoms with van der Waals surface area (Å²) < 4.78 is 7.59. The largest absolute Gasteiger partial charge is 0.480 e. The summed E-state index contributed by atoms with van der Waals surface area (Å²) in [4.78, 5) is 12.0. The van der Waals surface area contributed by atoms with Crippen molar-refractivity contribution in [3.05, 3.63) is 28.3 Å². The number of aromatic nitrogens is 4. The van der Waals surface area contributed by atoms with E-state index in [0.717, 1.165) is 12.8 Å². The molecule has 8 heteroatoms. The van der Waals surface area contributed by atoms with Gasteiger partial charge < -0.3 is 14.9 Å². The second-order valence-corrected chi connectivity index (χ2v) is 5.55. The highest BCUT2D eigenvalue weighted by atomic mass is 79.9. The van der Waals surface area contributed by atoms with Crippen LogP contribution in [0.4, 0.5) is 17.5 Å². The first kappa shape index (κ1) is 13.8. The predicted molar refractivity (Wildman–Crippen MR) is 80.9 cm³/mol. The van der Waals surface area contributed by atoms with Crippen LogP contribution >= 0.6 is 15.9 Å². The average molecular weight is 349 g/mol. The summed E-state index contributed by atoms with van der Waals surface area (Å²) >= 11 is 3.30. The van der Waals surface area contributed by atoms with Crippen molar-refractivity contribution in [2.75, 3.05) is 12.4 Å². The molecule has 7 nitrogen and oxygen atoms in total. The van der Waals surface area contributed by atoms with Gasteiger partial charge in [0.25, 0.3) is 5.82 Å². The van der Waals surface area contributed by atoms with Crippen LogP contribution < -0.4 is 10.1 Å². The molecule has 2 aromatic rings. The molecule has 0 bridgehead atoms. The van der Waals surface area contributed by atoms with Gasteiger partial charge in [-0.2, -0.15) is 9.67 Å². The summed E-state index contributed by atoms with van der Waals surface area (Å²) in [5, 5.41) is 7.34. The minimum atomic E-state index is 0.338. The molecular weight excluding hydrogens is 336 g/mol. The summed E-state index contributed by atoms with van der Waals surface area (Å²) in [6.45, 7) is 7.36. The molecule has 2 aromatic heterocycles. The lowest BCUT2D eigenvalue weighted by Gasteiger charge is -2.22. The van der Waals surface area contributed by atoms with Crippen molar-refractivity contribution in [2.24, 2.45) is 0 Å². The van der Waals surface area contributed by atoms with Crippen molar-refractivity contribution >= 4 is 33.4 Å². The molecule has 0 saturated heterocycles. The first-order valence-electron chi connectivity index (χ1n) is 6.51. The van der Waals surface area contributed by atoms with Gasteiger partial charge in [0.1, 0.15) is 6.04 Å². The van der Waals surface area contributed by atoms with E-state index in [2.05, 4.69) is 41.2 Å². The molecule has 0 radical (unpaired) electrons. The van der Waals surface area contributed by atoms with Gasteiger partial charge in [-0.25, -0.2) is 4.98 Å². The fourth-order valence-corrected chi connectivity index (χ4v) is 2.48. The molecule has 0 unspecified atom stereocenters. The van der Waals surface area contributed by atoms with E-state index < -0.39 is 0 Å². The average Bonchev–Trinajstić information content (AvgIpc) is 2.81. The third-order valence-corrected chi connectivity index (χ3v) is 3.99. The van der Waals surface area contributed by atoms with Gasteiger partial charge in [-0.3, -0.25) is 0 Å². The number of anilines is 2. The van der Waals surface area contributed by atoms with Gasteiger partial charge in [0.05, 0.1) is 29.7 Å². The number of hydrogen-bond donors (Lipinski definition) is 1. The molecule has 0 spiro atoms. The van der Waals surface area contributed by atoms with E-state index in [1.165, 1.54) is 13.5 Å². The van der Waals surface area contributed by atoms with Crippen LogP contribution in [0.3, 0.4) is 0 Å². The number of methoxy groups -OCH3 is 1. The highest BCUT2D eigenvalue weighted by Crippen LogP contribution is 2.38. The van der Waals surface area contributed by atoms with Gasteiger partial charge in [0.15, 0.2) is 0 Å².